The lowest BCUT2D eigenvalue weighted by Gasteiger charge is -2.05. The molecule has 2 aromatic rings. The van der Waals surface area contributed by atoms with Crippen LogP contribution in [0.5, 0.6) is 0 Å². The van der Waals surface area contributed by atoms with Crippen molar-refractivity contribution in [2.24, 2.45) is 0 Å². The number of aryl methyl sites for hydroxylation is 1. The Morgan fingerprint density at radius 2 is 1.95 bits per heavy atom. The van der Waals surface area contributed by atoms with Gasteiger partial charge in [0, 0.05) is 16.3 Å². The van der Waals surface area contributed by atoms with Gasteiger partial charge in [-0.3, -0.25) is 4.79 Å². The third-order valence-electron chi connectivity index (χ3n) is 2.84. The quantitative estimate of drug-likeness (QED) is 0.751. The summed E-state index contributed by atoms with van der Waals surface area (Å²) in [6.07, 6.45) is 0.500. The number of thioether (sulfide) groups is 1. The third-order valence-corrected chi connectivity index (χ3v) is 4.13. The number of halogens is 1. The van der Waals surface area contributed by atoms with Gasteiger partial charge in [-0.2, -0.15) is 0 Å². The minimum absolute atomic E-state index is 0.235. The third kappa shape index (κ3) is 4.41. The van der Waals surface area contributed by atoms with Crippen molar-refractivity contribution in [3.8, 4) is 0 Å². The summed E-state index contributed by atoms with van der Waals surface area (Å²) < 4.78 is 0. The lowest BCUT2D eigenvalue weighted by Crippen LogP contribution is -2.06. The predicted octanol–water partition coefficient (Wildman–Crippen LogP) is 4.55. The van der Waals surface area contributed by atoms with Crippen molar-refractivity contribution in [2.45, 2.75) is 18.2 Å². The monoisotopic (exact) mass is 290 g/mol. The zero-order valence-electron chi connectivity index (χ0n) is 10.7. The molecule has 19 heavy (non-hydrogen) atoms. The fourth-order valence-electron chi connectivity index (χ4n) is 1.79. The molecule has 0 aliphatic rings. The normalized spacial score (nSPS) is 10.4. The number of hydrogen-bond donors (Lipinski definition) is 0. The SMILES string of the molecule is Cc1ccccc1CC(=O)CSc1cccc(Cl)c1. The molecule has 0 amide bonds. The highest BCUT2D eigenvalue weighted by atomic mass is 35.5. The largest absolute Gasteiger partial charge is 0.298 e. The lowest BCUT2D eigenvalue weighted by atomic mass is 10.0. The molecule has 0 aliphatic heterocycles. The average Bonchev–Trinajstić information content (AvgIpc) is 2.39. The average molecular weight is 291 g/mol. The van der Waals surface area contributed by atoms with E-state index in [0.29, 0.717) is 17.2 Å². The lowest BCUT2D eigenvalue weighted by molar-refractivity contribution is -0.116. The van der Waals surface area contributed by atoms with Gasteiger partial charge in [0.25, 0.3) is 0 Å². The van der Waals surface area contributed by atoms with Crippen molar-refractivity contribution in [1.29, 1.82) is 0 Å². The molecule has 0 aromatic heterocycles. The Bertz CT molecular complexity index is 580. The van der Waals surface area contributed by atoms with Gasteiger partial charge in [-0.15, -0.1) is 11.8 Å². The maximum Gasteiger partial charge on any atom is 0.147 e. The molecule has 0 heterocycles. The molecule has 0 fully saturated rings. The maximum atomic E-state index is 12.0. The number of ketones is 1. The van der Waals surface area contributed by atoms with E-state index in [9.17, 15) is 4.79 Å². The van der Waals surface area contributed by atoms with Crippen LogP contribution in [0.1, 0.15) is 11.1 Å². The smallest absolute Gasteiger partial charge is 0.147 e. The van der Waals surface area contributed by atoms with Crippen LogP contribution in [0.25, 0.3) is 0 Å². The molecular weight excluding hydrogens is 276 g/mol. The molecule has 0 saturated heterocycles. The first-order chi connectivity index (χ1) is 9.15. The molecule has 2 aromatic carbocycles. The van der Waals surface area contributed by atoms with Gasteiger partial charge < -0.3 is 0 Å². The van der Waals surface area contributed by atoms with E-state index in [4.69, 9.17) is 11.6 Å². The molecule has 0 aliphatic carbocycles. The molecule has 0 unspecified atom stereocenters. The van der Waals surface area contributed by atoms with E-state index in [1.54, 1.807) is 0 Å². The zero-order chi connectivity index (χ0) is 13.7. The predicted molar refractivity (Wildman–Crippen MR) is 82.1 cm³/mol. The zero-order valence-corrected chi connectivity index (χ0v) is 12.3. The van der Waals surface area contributed by atoms with Crippen LogP contribution in [0, 0.1) is 6.92 Å². The molecule has 0 radical (unpaired) electrons. The minimum Gasteiger partial charge on any atom is -0.298 e. The molecular formula is C16H15ClOS. The van der Waals surface area contributed by atoms with Crippen LogP contribution < -0.4 is 0 Å². The van der Waals surface area contributed by atoms with Gasteiger partial charge in [-0.25, -0.2) is 0 Å². The van der Waals surface area contributed by atoms with Crippen LogP contribution in [0.3, 0.4) is 0 Å². The fraction of sp³-hybridized carbons (Fsp3) is 0.188. The van der Waals surface area contributed by atoms with Crippen LogP contribution in [-0.2, 0) is 11.2 Å². The summed E-state index contributed by atoms with van der Waals surface area (Å²) in [5.41, 5.74) is 2.28. The van der Waals surface area contributed by atoms with E-state index >= 15 is 0 Å². The van der Waals surface area contributed by atoms with Crippen molar-refractivity contribution >= 4 is 29.1 Å². The summed E-state index contributed by atoms with van der Waals surface area (Å²) in [6.45, 7) is 2.03. The second-order valence-corrected chi connectivity index (χ2v) is 5.87. The van der Waals surface area contributed by atoms with Crippen molar-refractivity contribution in [3.05, 3.63) is 64.7 Å². The van der Waals surface area contributed by atoms with Crippen LogP contribution in [-0.4, -0.2) is 11.5 Å². The first-order valence-corrected chi connectivity index (χ1v) is 7.46. The number of carbonyl (C=O) groups excluding carboxylic acids is 1. The summed E-state index contributed by atoms with van der Waals surface area (Å²) in [7, 11) is 0. The molecule has 0 saturated carbocycles. The number of rotatable bonds is 5. The molecule has 0 bridgehead atoms. The molecule has 2 rings (SSSR count). The number of Topliss-reactive ketones (excluding diaryl/α,β-unsaturated/α-hetero) is 1. The van der Waals surface area contributed by atoms with Crippen LogP contribution >= 0.6 is 23.4 Å². The number of benzene rings is 2. The van der Waals surface area contributed by atoms with E-state index < -0.39 is 0 Å². The van der Waals surface area contributed by atoms with Crippen molar-refractivity contribution < 1.29 is 4.79 Å². The molecule has 3 heteroatoms. The molecule has 98 valence electrons. The highest BCUT2D eigenvalue weighted by Crippen LogP contribution is 2.22. The van der Waals surface area contributed by atoms with Crippen molar-refractivity contribution in [1.82, 2.24) is 0 Å². The van der Waals surface area contributed by atoms with Gasteiger partial charge >= 0.3 is 0 Å². The van der Waals surface area contributed by atoms with Gasteiger partial charge in [-0.05, 0) is 36.2 Å². The highest BCUT2D eigenvalue weighted by Gasteiger charge is 2.06. The van der Waals surface area contributed by atoms with E-state index in [-0.39, 0.29) is 5.78 Å². The second-order valence-electron chi connectivity index (χ2n) is 4.39. The maximum absolute atomic E-state index is 12.0. The Morgan fingerprint density at radius 3 is 2.68 bits per heavy atom. The fourth-order valence-corrected chi connectivity index (χ4v) is 2.86. The van der Waals surface area contributed by atoms with E-state index in [2.05, 4.69) is 0 Å². The molecule has 1 nitrogen and oxygen atoms in total. The van der Waals surface area contributed by atoms with Gasteiger partial charge in [-0.1, -0.05) is 41.9 Å². The van der Waals surface area contributed by atoms with Crippen LogP contribution in [0.4, 0.5) is 0 Å². The van der Waals surface area contributed by atoms with E-state index in [1.807, 2.05) is 55.5 Å². The van der Waals surface area contributed by atoms with E-state index in [1.165, 1.54) is 17.3 Å². The van der Waals surface area contributed by atoms with Gasteiger partial charge in [0.15, 0.2) is 0 Å². The second kappa shape index (κ2) is 6.78. The minimum atomic E-state index is 0.235. The Morgan fingerprint density at radius 1 is 1.16 bits per heavy atom. The Labute approximate surface area is 123 Å². The molecule has 0 N–H and O–H groups in total. The summed E-state index contributed by atoms with van der Waals surface area (Å²) in [4.78, 5) is 13.0. The Hall–Kier alpha value is -1.25. The van der Waals surface area contributed by atoms with Gasteiger partial charge in [0.2, 0.25) is 0 Å². The first kappa shape index (κ1) is 14.2. The Kier molecular flexibility index (Phi) is 5.06. The summed E-state index contributed by atoms with van der Waals surface area (Å²) in [5, 5.41) is 0.705. The van der Waals surface area contributed by atoms with Crippen LogP contribution in [0.15, 0.2) is 53.4 Å². The van der Waals surface area contributed by atoms with E-state index in [0.717, 1.165) is 10.5 Å². The molecule has 0 atom stereocenters. The number of hydrogen-bond acceptors (Lipinski definition) is 2. The topological polar surface area (TPSA) is 17.1 Å². The van der Waals surface area contributed by atoms with Crippen molar-refractivity contribution in [2.75, 3.05) is 5.75 Å². The highest BCUT2D eigenvalue weighted by molar-refractivity contribution is 8.00. The first-order valence-electron chi connectivity index (χ1n) is 6.10. The Balaban J connectivity index is 1.90. The number of carbonyl (C=O) groups is 1. The van der Waals surface area contributed by atoms with Gasteiger partial charge in [0.05, 0.1) is 5.75 Å². The molecule has 0 spiro atoms. The summed E-state index contributed by atoms with van der Waals surface area (Å²) in [6, 6.07) is 15.6. The summed E-state index contributed by atoms with van der Waals surface area (Å²) in [5.74, 6) is 0.716. The van der Waals surface area contributed by atoms with Crippen molar-refractivity contribution in [3.63, 3.8) is 0 Å². The van der Waals surface area contributed by atoms with Gasteiger partial charge in [0.1, 0.15) is 5.78 Å². The summed E-state index contributed by atoms with van der Waals surface area (Å²) >= 11 is 7.45. The standard InChI is InChI=1S/C16H15ClOS/c1-12-5-2-3-6-13(12)9-15(18)11-19-16-8-4-7-14(17)10-16/h2-8,10H,9,11H2,1H3. The van der Waals surface area contributed by atoms with Crippen LogP contribution in [0.2, 0.25) is 5.02 Å².